The number of amides is 1. The number of rotatable bonds is 5. The van der Waals surface area contributed by atoms with Gasteiger partial charge in [-0.25, -0.2) is 8.78 Å². The molecular formula is C23H19F2N3O3. The molecule has 2 aromatic rings. The van der Waals surface area contributed by atoms with Gasteiger partial charge in [0.25, 0.3) is 5.92 Å². The van der Waals surface area contributed by atoms with Crippen molar-refractivity contribution in [2.24, 2.45) is 0 Å². The Morgan fingerprint density at radius 3 is 2.65 bits per heavy atom. The van der Waals surface area contributed by atoms with Gasteiger partial charge >= 0.3 is 0 Å². The molecule has 0 aliphatic carbocycles. The molecule has 1 fully saturated rings. The van der Waals surface area contributed by atoms with Gasteiger partial charge in [0.2, 0.25) is 5.91 Å². The Balaban J connectivity index is 1.68. The maximum atomic E-state index is 13.5. The van der Waals surface area contributed by atoms with Gasteiger partial charge in [0.05, 0.1) is 25.3 Å². The molecule has 6 nitrogen and oxygen atoms in total. The number of likely N-dealkylation sites (tertiary alicyclic amines) is 1. The van der Waals surface area contributed by atoms with Crippen LogP contribution in [0.25, 0.3) is 0 Å². The molecule has 158 valence electrons. The molecule has 0 saturated carbocycles. The van der Waals surface area contributed by atoms with E-state index >= 15 is 0 Å². The van der Waals surface area contributed by atoms with E-state index in [4.69, 9.17) is 10.00 Å². The maximum Gasteiger partial charge on any atom is 0.268 e. The molecule has 1 saturated heterocycles. The molecule has 1 atom stereocenters. The van der Waals surface area contributed by atoms with Crippen LogP contribution in [0.5, 0.6) is 5.75 Å². The van der Waals surface area contributed by atoms with Crippen LogP contribution < -0.4 is 4.74 Å². The van der Waals surface area contributed by atoms with Crippen LogP contribution in [0.15, 0.2) is 42.7 Å². The molecule has 3 rings (SSSR count). The van der Waals surface area contributed by atoms with Crippen LogP contribution >= 0.6 is 0 Å². The lowest BCUT2D eigenvalue weighted by molar-refractivity contribution is -0.132. The first-order valence-corrected chi connectivity index (χ1v) is 9.53. The summed E-state index contributed by atoms with van der Waals surface area (Å²) in [5.74, 6) is 2.47. The Labute approximate surface area is 178 Å². The number of ether oxygens (including phenoxy) is 1. The molecule has 0 bridgehead atoms. The Kier molecular flexibility index (Phi) is 6.61. The Hall–Kier alpha value is -3.78. The topological polar surface area (TPSA) is 83.3 Å². The number of carbonyl (C=O) groups is 2. The highest BCUT2D eigenvalue weighted by Crippen LogP contribution is 2.32. The highest BCUT2D eigenvalue weighted by atomic mass is 19.3. The summed E-state index contributed by atoms with van der Waals surface area (Å²) >= 11 is 0. The van der Waals surface area contributed by atoms with Crippen molar-refractivity contribution >= 4 is 11.7 Å². The quantitative estimate of drug-likeness (QED) is 0.545. The number of halogens is 2. The zero-order chi connectivity index (χ0) is 22.4. The highest BCUT2D eigenvalue weighted by molar-refractivity contribution is 6.00. The van der Waals surface area contributed by atoms with Crippen molar-refractivity contribution in [1.82, 2.24) is 9.88 Å². The monoisotopic (exact) mass is 423 g/mol. The minimum absolute atomic E-state index is 0.180. The first-order chi connectivity index (χ1) is 14.8. The molecule has 0 radical (unpaired) electrons. The molecule has 2 heterocycles. The number of methoxy groups -OCH3 is 1. The molecule has 0 unspecified atom stereocenters. The number of pyridine rings is 1. The van der Waals surface area contributed by atoms with Crippen LogP contribution in [-0.2, 0) is 4.79 Å². The third-order valence-corrected chi connectivity index (χ3v) is 4.86. The van der Waals surface area contributed by atoms with E-state index in [-0.39, 0.29) is 18.6 Å². The summed E-state index contributed by atoms with van der Waals surface area (Å²) in [7, 11) is 1.56. The van der Waals surface area contributed by atoms with E-state index < -0.39 is 30.8 Å². The Bertz CT molecular complexity index is 1080. The second kappa shape index (κ2) is 9.36. The van der Waals surface area contributed by atoms with Crippen LogP contribution in [0.2, 0.25) is 0 Å². The van der Waals surface area contributed by atoms with E-state index in [2.05, 4.69) is 16.8 Å². The Morgan fingerprint density at radius 2 is 1.97 bits per heavy atom. The summed E-state index contributed by atoms with van der Waals surface area (Å²) in [5.41, 5.74) is 1.42. The van der Waals surface area contributed by atoms with Gasteiger partial charge in [0.1, 0.15) is 11.8 Å². The second-order valence-electron chi connectivity index (χ2n) is 7.05. The molecule has 0 spiro atoms. The van der Waals surface area contributed by atoms with Crippen LogP contribution in [-0.4, -0.2) is 47.2 Å². The van der Waals surface area contributed by atoms with E-state index in [1.54, 1.807) is 37.4 Å². The standard InChI is InChI=1S/C23H19F2N3O3/c1-31-19-6-3-16(4-7-19)2-5-17-14-27-11-10-20(17)21(29)8-9-22(30)28-15-23(24,25)12-18(28)13-26/h3-4,6-7,10-11,14,18H,8-9,12,15H2,1H3/t18-/m0/s1. The van der Waals surface area contributed by atoms with Gasteiger partial charge in [0.15, 0.2) is 5.78 Å². The maximum absolute atomic E-state index is 13.5. The van der Waals surface area contributed by atoms with Gasteiger partial charge < -0.3 is 9.64 Å². The zero-order valence-electron chi connectivity index (χ0n) is 16.8. The van der Waals surface area contributed by atoms with Gasteiger partial charge in [-0.05, 0) is 30.3 Å². The van der Waals surface area contributed by atoms with Crippen molar-refractivity contribution in [3.63, 3.8) is 0 Å². The van der Waals surface area contributed by atoms with Gasteiger partial charge in [-0.1, -0.05) is 11.8 Å². The van der Waals surface area contributed by atoms with Crippen molar-refractivity contribution in [1.29, 1.82) is 5.26 Å². The number of ketones is 1. The molecule has 1 aromatic heterocycles. The molecule has 31 heavy (non-hydrogen) atoms. The molecule has 1 aliphatic heterocycles. The smallest absolute Gasteiger partial charge is 0.268 e. The lowest BCUT2D eigenvalue weighted by Gasteiger charge is -2.18. The van der Waals surface area contributed by atoms with Crippen LogP contribution in [0.1, 0.15) is 40.7 Å². The zero-order valence-corrected chi connectivity index (χ0v) is 16.8. The summed E-state index contributed by atoms with van der Waals surface area (Å²) in [6.45, 7) is -0.800. The predicted octanol–water partition coefficient (Wildman–Crippen LogP) is 3.21. The first-order valence-electron chi connectivity index (χ1n) is 9.53. The minimum atomic E-state index is -3.09. The number of nitriles is 1. The van der Waals surface area contributed by atoms with Crippen LogP contribution in [0.4, 0.5) is 8.78 Å². The highest BCUT2D eigenvalue weighted by Gasteiger charge is 2.47. The number of nitrogens with zero attached hydrogens (tertiary/aromatic N) is 3. The molecule has 8 heteroatoms. The fourth-order valence-electron chi connectivity index (χ4n) is 3.24. The van der Waals surface area contributed by atoms with E-state index in [1.807, 2.05) is 0 Å². The van der Waals surface area contributed by atoms with Crippen molar-refractivity contribution in [2.75, 3.05) is 13.7 Å². The summed E-state index contributed by atoms with van der Waals surface area (Å²) < 4.78 is 32.2. The molecule has 0 N–H and O–H groups in total. The largest absolute Gasteiger partial charge is 0.497 e. The average molecular weight is 423 g/mol. The Morgan fingerprint density at radius 1 is 1.23 bits per heavy atom. The van der Waals surface area contributed by atoms with E-state index in [0.29, 0.717) is 16.9 Å². The average Bonchev–Trinajstić information content (AvgIpc) is 3.11. The second-order valence-corrected chi connectivity index (χ2v) is 7.05. The van der Waals surface area contributed by atoms with Gasteiger partial charge in [-0.3, -0.25) is 14.6 Å². The molecular weight excluding hydrogens is 404 g/mol. The summed E-state index contributed by atoms with van der Waals surface area (Å²) in [5, 5.41) is 9.02. The van der Waals surface area contributed by atoms with Crippen molar-refractivity contribution in [2.45, 2.75) is 31.2 Å². The number of hydrogen-bond acceptors (Lipinski definition) is 5. The third kappa shape index (κ3) is 5.43. The summed E-state index contributed by atoms with van der Waals surface area (Å²) in [4.78, 5) is 29.8. The first kappa shape index (κ1) is 21.9. The number of Topliss-reactive ketones (excluding diaryl/α,β-unsaturated/α-hetero) is 1. The van der Waals surface area contributed by atoms with Crippen molar-refractivity contribution in [3.05, 3.63) is 59.4 Å². The van der Waals surface area contributed by atoms with Gasteiger partial charge in [-0.2, -0.15) is 5.26 Å². The fourth-order valence-corrected chi connectivity index (χ4v) is 3.24. The fraction of sp³-hybridized carbons (Fsp3) is 0.304. The number of benzene rings is 1. The van der Waals surface area contributed by atoms with Crippen LogP contribution in [0, 0.1) is 23.2 Å². The minimum Gasteiger partial charge on any atom is -0.497 e. The lowest BCUT2D eigenvalue weighted by atomic mass is 10.0. The molecule has 1 aliphatic rings. The third-order valence-electron chi connectivity index (χ3n) is 4.86. The van der Waals surface area contributed by atoms with Crippen LogP contribution in [0.3, 0.4) is 0 Å². The number of alkyl halides is 2. The van der Waals surface area contributed by atoms with Crippen molar-refractivity contribution < 1.29 is 23.1 Å². The van der Waals surface area contributed by atoms with E-state index in [9.17, 15) is 18.4 Å². The number of carbonyl (C=O) groups excluding carboxylic acids is 2. The van der Waals surface area contributed by atoms with Gasteiger partial charge in [0, 0.05) is 42.8 Å². The number of aromatic nitrogens is 1. The summed E-state index contributed by atoms with van der Waals surface area (Å²) in [6.07, 6.45) is 1.78. The molecule has 1 aromatic carbocycles. The summed E-state index contributed by atoms with van der Waals surface area (Å²) in [6, 6.07) is 9.14. The predicted molar refractivity (Wildman–Crippen MR) is 107 cm³/mol. The normalized spacial score (nSPS) is 16.7. The number of hydrogen-bond donors (Lipinski definition) is 0. The lowest BCUT2D eigenvalue weighted by Crippen LogP contribution is -2.36. The molecule has 1 amide bonds. The van der Waals surface area contributed by atoms with Gasteiger partial charge in [-0.15, -0.1) is 0 Å². The van der Waals surface area contributed by atoms with E-state index in [1.165, 1.54) is 18.5 Å². The SMILES string of the molecule is COc1ccc(C#Cc2cnccc2C(=O)CCC(=O)N2CC(F)(F)C[C@H]2C#N)cc1. The van der Waals surface area contributed by atoms with E-state index in [0.717, 1.165) is 10.5 Å². The van der Waals surface area contributed by atoms with Crippen molar-refractivity contribution in [3.8, 4) is 23.7 Å².